The fourth-order valence-electron chi connectivity index (χ4n) is 0.743. The third kappa shape index (κ3) is 6.10. The number of alkyl halides is 3. The molecule has 0 amide bonds. The van der Waals surface area contributed by atoms with E-state index < -0.39 is 26.2 Å². The fourth-order valence-corrected chi connectivity index (χ4v) is 0.986. The monoisotopic (exact) mass is 448 g/mol. The summed E-state index contributed by atoms with van der Waals surface area (Å²) in [6.45, 7) is 6.45. The first kappa shape index (κ1) is 17.8. The Bertz CT molecular complexity index is 372. The molecule has 0 aromatic heterocycles. The molecular formula is C10H11Br3O5. The summed E-state index contributed by atoms with van der Waals surface area (Å²) in [5, 5.41) is 0. The van der Waals surface area contributed by atoms with Crippen LogP contribution in [0.15, 0.2) is 12.2 Å². The van der Waals surface area contributed by atoms with E-state index >= 15 is 0 Å². The van der Waals surface area contributed by atoms with Gasteiger partial charge in [-0.2, -0.15) is 0 Å². The van der Waals surface area contributed by atoms with Crippen LogP contribution in [0.25, 0.3) is 0 Å². The van der Waals surface area contributed by atoms with Crippen LogP contribution in [0.3, 0.4) is 0 Å². The molecule has 0 fully saturated rings. The van der Waals surface area contributed by atoms with Crippen LogP contribution in [-0.2, 0) is 23.9 Å². The minimum atomic E-state index is -1.35. The van der Waals surface area contributed by atoms with Gasteiger partial charge in [0.2, 0.25) is 2.14 Å². The minimum absolute atomic E-state index is 0.156. The summed E-state index contributed by atoms with van der Waals surface area (Å²) in [5.74, 6) is -2.56. The molecule has 8 heteroatoms. The lowest BCUT2D eigenvalue weighted by Crippen LogP contribution is -2.33. The van der Waals surface area contributed by atoms with Gasteiger partial charge in [0.25, 0.3) is 0 Å². The lowest BCUT2D eigenvalue weighted by Gasteiger charge is -2.16. The quantitative estimate of drug-likeness (QED) is 0.285. The van der Waals surface area contributed by atoms with Crippen LogP contribution >= 0.6 is 47.8 Å². The van der Waals surface area contributed by atoms with Crippen LogP contribution in [0.5, 0.6) is 0 Å². The number of hydrogen-bond acceptors (Lipinski definition) is 5. The molecule has 0 saturated heterocycles. The van der Waals surface area contributed by atoms with Crippen molar-refractivity contribution in [3.63, 3.8) is 0 Å². The van der Waals surface area contributed by atoms with E-state index in [1.54, 1.807) is 6.92 Å². The van der Waals surface area contributed by atoms with Gasteiger partial charge in [0, 0.05) is 5.57 Å². The van der Waals surface area contributed by atoms with Crippen molar-refractivity contribution in [2.45, 2.75) is 28.5 Å². The van der Waals surface area contributed by atoms with Crippen LogP contribution in [-0.4, -0.2) is 26.2 Å². The van der Waals surface area contributed by atoms with Gasteiger partial charge in [0.1, 0.15) is 0 Å². The van der Waals surface area contributed by atoms with E-state index in [1.165, 1.54) is 6.92 Å². The van der Waals surface area contributed by atoms with Crippen LogP contribution in [0.2, 0.25) is 0 Å². The highest BCUT2D eigenvalue weighted by atomic mass is 80.0. The normalized spacial score (nSPS) is 12.5. The first-order valence-corrected chi connectivity index (χ1v) is 7.16. The Morgan fingerprint density at radius 1 is 1.28 bits per heavy atom. The number of ether oxygens (including phenoxy) is 2. The standard InChI is InChI=1S/C10H11Br3O5/c1-4-6(17-7(14)5(2)3)8(15)18-9(16)10(11,12)13/h6H,2,4H2,1,3H3. The number of hydrogen-bond donors (Lipinski definition) is 0. The van der Waals surface area contributed by atoms with Crippen molar-refractivity contribution in [2.75, 3.05) is 0 Å². The predicted octanol–water partition coefficient (Wildman–Crippen LogP) is 2.79. The summed E-state index contributed by atoms with van der Waals surface area (Å²) in [6, 6.07) is 0. The molecule has 1 unspecified atom stereocenters. The number of rotatable bonds is 4. The first-order chi connectivity index (χ1) is 8.09. The molecule has 0 aliphatic rings. The van der Waals surface area contributed by atoms with Gasteiger partial charge in [-0.1, -0.05) is 13.5 Å². The molecule has 0 rings (SSSR count). The Hall–Kier alpha value is -0.210. The highest BCUT2D eigenvalue weighted by Crippen LogP contribution is 2.34. The van der Waals surface area contributed by atoms with Gasteiger partial charge in [0.05, 0.1) is 0 Å². The third-order valence-corrected chi connectivity index (χ3v) is 2.63. The largest absolute Gasteiger partial charge is 0.447 e. The average molecular weight is 451 g/mol. The van der Waals surface area contributed by atoms with E-state index in [4.69, 9.17) is 4.74 Å². The topological polar surface area (TPSA) is 69.7 Å². The van der Waals surface area contributed by atoms with Crippen molar-refractivity contribution >= 4 is 65.7 Å². The van der Waals surface area contributed by atoms with Gasteiger partial charge in [0.15, 0.2) is 6.10 Å². The zero-order chi connectivity index (χ0) is 14.5. The highest BCUT2D eigenvalue weighted by molar-refractivity contribution is 9.40. The third-order valence-electron chi connectivity index (χ3n) is 1.66. The van der Waals surface area contributed by atoms with E-state index in [0.717, 1.165) is 0 Å². The summed E-state index contributed by atoms with van der Waals surface area (Å²) in [7, 11) is 0. The Labute approximate surface area is 130 Å². The second-order valence-corrected chi connectivity index (χ2v) is 10.0. The molecule has 1 atom stereocenters. The number of esters is 3. The lowest BCUT2D eigenvalue weighted by atomic mass is 10.2. The van der Waals surface area contributed by atoms with Crippen LogP contribution in [0, 0.1) is 0 Å². The maximum atomic E-state index is 11.6. The molecule has 0 bridgehead atoms. The van der Waals surface area contributed by atoms with E-state index in [0.29, 0.717) is 0 Å². The van der Waals surface area contributed by atoms with E-state index in [1.807, 2.05) is 0 Å². The Morgan fingerprint density at radius 3 is 2.11 bits per heavy atom. The lowest BCUT2D eigenvalue weighted by molar-refractivity contribution is -0.172. The molecule has 0 N–H and O–H groups in total. The van der Waals surface area contributed by atoms with Crippen LogP contribution < -0.4 is 0 Å². The SMILES string of the molecule is C=C(C)C(=O)OC(CC)C(=O)OC(=O)C(Br)(Br)Br. The molecule has 0 heterocycles. The number of carbonyl (C=O) groups is 3. The predicted molar refractivity (Wildman–Crippen MR) is 75.6 cm³/mol. The van der Waals surface area contributed by atoms with Crippen molar-refractivity contribution in [3.8, 4) is 0 Å². The summed E-state index contributed by atoms with van der Waals surface area (Å²) in [6.07, 6.45) is -0.960. The number of halogens is 3. The number of carbonyl (C=O) groups excluding carboxylic acids is 3. The summed E-state index contributed by atoms with van der Waals surface area (Å²) in [5.41, 5.74) is 0.156. The van der Waals surface area contributed by atoms with E-state index in [2.05, 4.69) is 59.1 Å². The molecule has 102 valence electrons. The van der Waals surface area contributed by atoms with Gasteiger partial charge in [-0.3, -0.25) is 0 Å². The average Bonchev–Trinajstić information content (AvgIpc) is 2.23. The van der Waals surface area contributed by atoms with Gasteiger partial charge < -0.3 is 9.47 Å². The molecule has 18 heavy (non-hydrogen) atoms. The molecule has 0 radical (unpaired) electrons. The zero-order valence-electron chi connectivity index (χ0n) is 9.67. The Balaban J connectivity index is 4.59. The summed E-state index contributed by atoms with van der Waals surface area (Å²) in [4.78, 5) is 34.2. The second kappa shape index (κ2) is 7.40. The molecule has 0 spiro atoms. The van der Waals surface area contributed by atoms with E-state index in [-0.39, 0.29) is 12.0 Å². The fraction of sp³-hybridized carbons (Fsp3) is 0.500. The molecular weight excluding hydrogens is 440 g/mol. The summed E-state index contributed by atoms with van der Waals surface area (Å²) < 4.78 is 8.00. The second-order valence-electron chi connectivity index (χ2n) is 3.29. The maximum absolute atomic E-state index is 11.6. The van der Waals surface area contributed by atoms with Crippen molar-refractivity contribution in [2.24, 2.45) is 0 Å². The van der Waals surface area contributed by atoms with Crippen molar-refractivity contribution in [3.05, 3.63) is 12.2 Å². The smallest absolute Gasteiger partial charge is 0.355 e. The van der Waals surface area contributed by atoms with Crippen LogP contribution in [0.1, 0.15) is 20.3 Å². The maximum Gasteiger partial charge on any atom is 0.355 e. The molecule has 0 aromatic rings. The molecule has 0 aliphatic heterocycles. The molecule has 0 aliphatic carbocycles. The minimum Gasteiger partial charge on any atom is -0.447 e. The van der Waals surface area contributed by atoms with Crippen LogP contribution in [0.4, 0.5) is 0 Å². The first-order valence-electron chi connectivity index (χ1n) is 4.78. The van der Waals surface area contributed by atoms with Crippen molar-refractivity contribution in [1.29, 1.82) is 0 Å². The zero-order valence-corrected chi connectivity index (χ0v) is 14.4. The van der Waals surface area contributed by atoms with Gasteiger partial charge >= 0.3 is 17.9 Å². The van der Waals surface area contributed by atoms with E-state index in [9.17, 15) is 14.4 Å². The molecule has 5 nitrogen and oxygen atoms in total. The molecule has 0 aromatic carbocycles. The van der Waals surface area contributed by atoms with Gasteiger partial charge in [-0.15, -0.1) is 0 Å². The Kier molecular flexibility index (Phi) is 7.31. The van der Waals surface area contributed by atoms with Crippen molar-refractivity contribution in [1.82, 2.24) is 0 Å². The molecule has 0 saturated carbocycles. The highest BCUT2D eigenvalue weighted by Gasteiger charge is 2.35. The van der Waals surface area contributed by atoms with Gasteiger partial charge in [-0.25, -0.2) is 14.4 Å². The summed E-state index contributed by atoms with van der Waals surface area (Å²) >= 11 is 8.71. The Morgan fingerprint density at radius 2 is 1.78 bits per heavy atom. The van der Waals surface area contributed by atoms with Crippen molar-refractivity contribution < 1.29 is 23.9 Å². The van der Waals surface area contributed by atoms with Gasteiger partial charge in [-0.05, 0) is 61.1 Å².